The van der Waals surface area contributed by atoms with Gasteiger partial charge in [-0.3, -0.25) is 4.79 Å². The standard InChI is InChI=1S/C21H27ClFN5O3S/c1-13-12-28(32(30,31)16-5-8-27(9-6-16)14(2)29)10-7-17(13)19-20(22)26-21(25-19)18-4-3-15(23)11-24-18/h3-4,11,13,16-17H,5-10,12H2,1-2H3,(H,25,26)/t13-,17+/m0/s1. The number of piperidine rings is 2. The van der Waals surface area contributed by atoms with E-state index in [1.807, 2.05) is 6.92 Å². The van der Waals surface area contributed by atoms with Gasteiger partial charge in [0.2, 0.25) is 15.9 Å². The molecule has 2 fully saturated rings. The average Bonchev–Trinajstić information content (AvgIpc) is 3.15. The largest absolute Gasteiger partial charge is 0.343 e. The summed E-state index contributed by atoms with van der Waals surface area (Å²) in [5.74, 6) is 0.0743. The van der Waals surface area contributed by atoms with Gasteiger partial charge in [-0.15, -0.1) is 0 Å². The lowest BCUT2D eigenvalue weighted by molar-refractivity contribution is -0.129. The number of halogens is 2. The van der Waals surface area contributed by atoms with Gasteiger partial charge in [0.15, 0.2) is 11.0 Å². The van der Waals surface area contributed by atoms with Gasteiger partial charge in [-0.2, -0.15) is 0 Å². The zero-order valence-corrected chi connectivity index (χ0v) is 19.7. The van der Waals surface area contributed by atoms with E-state index in [1.54, 1.807) is 9.21 Å². The summed E-state index contributed by atoms with van der Waals surface area (Å²) in [7, 11) is -3.43. The summed E-state index contributed by atoms with van der Waals surface area (Å²) in [6, 6.07) is 2.84. The number of hydrogen-bond donors (Lipinski definition) is 1. The molecule has 2 aromatic rings. The molecule has 0 aromatic carbocycles. The molecule has 8 nitrogen and oxygen atoms in total. The Hall–Kier alpha value is -2.04. The highest BCUT2D eigenvalue weighted by Crippen LogP contribution is 2.38. The van der Waals surface area contributed by atoms with Crippen LogP contribution in [-0.4, -0.2) is 69.9 Å². The van der Waals surface area contributed by atoms with Crippen molar-refractivity contribution < 1.29 is 17.6 Å². The van der Waals surface area contributed by atoms with Crippen LogP contribution in [0.1, 0.15) is 44.7 Å². The Morgan fingerprint density at radius 3 is 2.53 bits per heavy atom. The van der Waals surface area contributed by atoms with E-state index >= 15 is 0 Å². The molecule has 0 radical (unpaired) electrons. The number of nitrogens with one attached hydrogen (secondary N) is 1. The fraction of sp³-hybridized carbons (Fsp3) is 0.571. The molecule has 2 saturated heterocycles. The van der Waals surface area contributed by atoms with Crippen molar-refractivity contribution in [2.45, 2.75) is 44.3 Å². The van der Waals surface area contributed by atoms with Crippen molar-refractivity contribution in [3.8, 4) is 11.5 Å². The zero-order valence-electron chi connectivity index (χ0n) is 18.1. The van der Waals surface area contributed by atoms with Crippen molar-refractivity contribution in [1.29, 1.82) is 0 Å². The molecule has 11 heteroatoms. The van der Waals surface area contributed by atoms with Crippen molar-refractivity contribution >= 4 is 27.5 Å². The highest BCUT2D eigenvalue weighted by Gasteiger charge is 2.40. The Kier molecular flexibility index (Phi) is 6.56. The van der Waals surface area contributed by atoms with Crippen LogP contribution in [0.4, 0.5) is 4.39 Å². The molecule has 0 aliphatic carbocycles. The van der Waals surface area contributed by atoms with Gasteiger partial charge in [0.05, 0.1) is 17.1 Å². The summed E-state index contributed by atoms with van der Waals surface area (Å²) in [6.45, 7) is 5.30. The fourth-order valence-electron chi connectivity index (χ4n) is 4.70. The first kappa shape index (κ1) is 23.1. The van der Waals surface area contributed by atoms with Crippen LogP contribution in [-0.2, 0) is 14.8 Å². The summed E-state index contributed by atoms with van der Waals surface area (Å²) in [4.78, 5) is 24.8. The Labute approximate surface area is 192 Å². The molecular formula is C21H27ClFN5O3S. The molecule has 0 saturated carbocycles. The second-order valence-electron chi connectivity index (χ2n) is 8.63. The highest BCUT2D eigenvalue weighted by molar-refractivity contribution is 7.89. The van der Waals surface area contributed by atoms with Gasteiger partial charge in [-0.05, 0) is 37.3 Å². The molecular weight excluding hydrogens is 457 g/mol. The second-order valence-corrected chi connectivity index (χ2v) is 11.2. The number of sulfonamides is 1. The van der Waals surface area contributed by atoms with Gasteiger partial charge in [0, 0.05) is 39.0 Å². The lowest BCUT2D eigenvalue weighted by Crippen LogP contribution is -2.49. The minimum atomic E-state index is -3.43. The first-order valence-electron chi connectivity index (χ1n) is 10.8. The van der Waals surface area contributed by atoms with Crippen molar-refractivity contribution in [3.63, 3.8) is 0 Å². The number of amides is 1. The Bertz CT molecular complexity index is 1080. The van der Waals surface area contributed by atoms with Crippen LogP contribution in [0.2, 0.25) is 5.15 Å². The molecule has 1 N–H and O–H groups in total. The maximum atomic E-state index is 13.2. The number of carbonyl (C=O) groups excluding carboxylic acids is 1. The van der Waals surface area contributed by atoms with Crippen molar-refractivity contribution in [3.05, 3.63) is 35.0 Å². The fourth-order valence-corrected chi connectivity index (χ4v) is 7.00. The number of imidazole rings is 1. The van der Waals surface area contributed by atoms with Crippen molar-refractivity contribution in [2.24, 2.45) is 5.92 Å². The number of carbonyl (C=O) groups is 1. The van der Waals surface area contributed by atoms with Crippen LogP contribution in [0, 0.1) is 11.7 Å². The van der Waals surface area contributed by atoms with E-state index in [1.165, 1.54) is 19.1 Å². The third-order valence-corrected chi connectivity index (χ3v) is 9.22. The number of H-pyrrole nitrogens is 1. The van der Waals surface area contributed by atoms with Gasteiger partial charge in [0.1, 0.15) is 11.5 Å². The summed E-state index contributed by atoms with van der Waals surface area (Å²) in [6.07, 6.45) is 2.68. The number of rotatable bonds is 4. The number of nitrogens with zero attached hydrogens (tertiary/aromatic N) is 4. The third kappa shape index (κ3) is 4.53. The molecule has 174 valence electrons. The normalized spacial score (nSPS) is 23.4. The molecule has 2 aliphatic rings. The third-order valence-electron chi connectivity index (χ3n) is 6.56. The van der Waals surface area contributed by atoms with E-state index in [0.717, 1.165) is 11.9 Å². The molecule has 0 spiro atoms. The SMILES string of the molecule is CC(=O)N1CCC(S(=O)(=O)N2CC[C@@H](c3[nH]c(-c4ccc(F)cn4)nc3Cl)[C@@H](C)C2)CC1. The maximum absolute atomic E-state index is 13.2. The molecule has 0 bridgehead atoms. The Morgan fingerprint density at radius 1 is 1.22 bits per heavy atom. The van der Waals surface area contributed by atoms with E-state index in [2.05, 4.69) is 15.0 Å². The van der Waals surface area contributed by atoms with E-state index in [0.29, 0.717) is 62.1 Å². The first-order chi connectivity index (χ1) is 15.2. The van der Waals surface area contributed by atoms with Crippen molar-refractivity contribution in [2.75, 3.05) is 26.2 Å². The van der Waals surface area contributed by atoms with Crippen LogP contribution in [0.25, 0.3) is 11.5 Å². The molecule has 0 unspecified atom stereocenters. The van der Waals surface area contributed by atoms with Crippen molar-refractivity contribution in [1.82, 2.24) is 24.2 Å². The van der Waals surface area contributed by atoms with E-state index in [9.17, 15) is 17.6 Å². The van der Waals surface area contributed by atoms with E-state index in [4.69, 9.17) is 11.6 Å². The van der Waals surface area contributed by atoms with Crippen LogP contribution in [0.3, 0.4) is 0 Å². The minimum absolute atomic E-state index is 0.0121. The van der Waals surface area contributed by atoms with Crippen LogP contribution < -0.4 is 0 Å². The van der Waals surface area contributed by atoms with Crippen LogP contribution in [0.15, 0.2) is 18.3 Å². The van der Waals surface area contributed by atoms with Gasteiger partial charge < -0.3 is 9.88 Å². The molecule has 4 heterocycles. The molecule has 32 heavy (non-hydrogen) atoms. The maximum Gasteiger partial charge on any atom is 0.219 e. The zero-order chi connectivity index (χ0) is 23.0. The number of hydrogen-bond acceptors (Lipinski definition) is 5. The lowest BCUT2D eigenvalue weighted by Gasteiger charge is -2.39. The van der Waals surface area contributed by atoms with Gasteiger partial charge in [-0.25, -0.2) is 27.1 Å². The topological polar surface area (TPSA) is 99.3 Å². The number of aromatic amines is 1. The number of aromatic nitrogens is 3. The number of pyridine rings is 1. The quantitative estimate of drug-likeness (QED) is 0.720. The highest BCUT2D eigenvalue weighted by atomic mass is 35.5. The second kappa shape index (κ2) is 9.07. The molecule has 2 aromatic heterocycles. The minimum Gasteiger partial charge on any atom is -0.343 e. The smallest absolute Gasteiger partial charge is 0.219 e. The van der Waals surface area contributed by atoms with Gasteiger partial charge in [-0.1, -0.05) is 18.5 Å². The average molecular weight is 484 g/mol. The molecule has 2 atom stereocenters. The Morgan fingerprint density at radius 2 is 1.94 bits per heavy atom. The van der Waals surface area contributed by atoms with E-state index < -0.39 is 21.1 Å². The lowest BCUT2D eigenvalue weighted by atomic mass is 9.86. The predicted molar refractivity (Wildman–Crippen MR) is 119 cm³/mol. The monoisotopic (exact) mass is 483 g/mol. The summed E-state index contributed by atoms with van der Waals surface area (Å²) in [5.41, 5.74) is 1.25. The van der Waals surface area contributed by atoms with E-state index in [-0.39, 0.29) is 17.7 Å². The predicted octanol–water partition coefficient (Wildman–Crippen LogP) is 3.03. The van der Waals surface area contributed by atoms with Gasteiger partial charge in [0.25, 0.3) is 0 Å². The Balaban J connectivity index is 1.45. The number of likely N-dealkylation sites (tertiary alicyclic amines) is 1. The summed E-state index contributed by atoms with van der Waals surface area (Å²) >= 11 is 6.40. The van der Waals surface area contributed by atoms with Gasteiger partial charge >= 0.3 is 0 Å². The molecule has 2 aliphatic heterocycles. The summed E-state index contributed by atoms with van der Waals surface area (Å²) < 4.78 is 41.2. The van der Waals surface area contributed by atoms with Crippen LogP contribution in [0.5, 0.6) is 0 Å². The first-order valence-corrected chi connectivity index (χ1v) is 12.7. The summed E-state index contributed by atoms with van der Waals surface area (Å²) in [5, 5.41) is -0.121. The van der Waals surface area contributed by atoms with Crippen LogP contribution >= 0.6 is 11.6 Å². The molecule has 4 rings (SSSR count). The molecule has 1 amide bonds.